The van der Waals surface area contributed by atoms with E-state index in [1.165, 1.54) is 18.2 Å². The van der Waals surface area contributed by atoms with E-state index in [1.54, 1.807) is 24.1 Å². The third kappa shape index (κ3) is 4.07. The second-order valence-corrected chi connectivity index (χ2v) is 6.71. The van der Waals surface area contributed by atoms with E-state index in [4.69, 9.17) is 0 Å². The summed E-state index contributed by atoms with van der Waals surface area (Å²) >= 11 is 0. The number of hydrogen-bond acceptors (Lipinski definition) is 3. The molecule has 1 aromatic heterocycles. The molecule has 1 saturated carbocycles. The minimum absolute atomic E-state index is 0.0380. The van der Waals surface area contributed by atoms with Crippen LogP contribution in [0.25, 0.3) is 0 Å². The zero-order chi connectivity index (χ0) is 18.9. The number of nitrogens with zero attached hydrogens (tertiary/aromatic N) is 2. The van der Waals surface area contributed by atoms with Gasteiger partial charge in [0.2, 0.25) is 5.91 Å². The van der Waals surface area contributed by atoms with E-state index in [-0.39, 0.29) is 23.9 Å². The number of hydrogen-bond donors (Lipinski definition) is 2. The Hall–Kier alpha value is -2.35. The van der Waals surface area contributed by atoms with Crippen LogP contribution in [0.5, 0.6) is 0 Å². The summed E-state index contributed by atoms with van der Waals surface area (Å²) in [7, 11) is 1.75. The maximum atomic E-state index is 13.1. The van der Waals surface area contributed by atoms with Gasteiger partial charge in [-0.2, -0.15) is 18.3 Å². The number of aryl methyl sites for hydroxylation is 1. The molecule has 8 heteroatoms. The second kappa shape index (κ2) is 7.11. The summed E-state index contributed by atoms with van der Waals surface area (Å²) in [6.45, 7) is 0. The highest BCUT2D eigenvalue weighted by Gasteiger charge is 2.37. The number of amides is 1. The predicted octanol–water partition coefficient (Wildman–Crippen LogP) is 2.61. The number of aliphatic hydroxyl groups excluding tert-OH is 1. The molecule has 26 heavy (non-hydrogen) atoms. The number of carbonyl (C=O) groups is 1. The molecule has 0 radical (unpaired) electrons. The quantitative estimate of drug-likeness (QED) is 0.854. The lowest BCUT2D eigenvalue weighted by Gasteiger charge is -2.37. The molecule has 1 heterocycles. The molecule has 1 fully saturated rings. The highest BCUT2D eigenvalue weighted by atomic mass is 19.4. The molecule has 1 amide bonds. The Morgan fingerprint density at radius 2 is 2.08 bits per heavy atom. The Bertz CT molecular complexity index is 782. The van der Waals surface area contributed by atoms with E-state index in [0.29, 0.717) is 12.8 Å². The first-order chi connectivity index (χ1) is 12.2. The largest absolute Gasteiger partial charge is 0.416 e. The summed E-state index contributed by atoms with van der Waals surface area (Å²) in [4.78, 5) is 12.4. The standard InChI is InChI=1S/C18H20F3N3O2/c1-24-10-13(9-22-24)17(12-6-14(25)7-12)23-16(26)8-11-4-2-3-5-15(11)18(19,20)21/h2-5,9-10,12,14,17,25H,6-8H2,1H3,(H,23,26)/t12?,14?,17-/m1/s1. The molecule has 0 unspecified atom stereocenters. The maximum absolute atomic E-state index is 13.1. The molecule has 0 spiro atoms. The molecule has 0 saturated heterocycles. The van der Waals surface area contributed by atoms with Crippen molar-refractivity contribution in [2.45, 2.75) is 37.6 Å². The van der Waals surface area contributed by atoms with Crippen molar-refractivity contribution in [3.05, 3.63) is 53.3 Å². The molecular weight excluding hydrogens is 347 g/mol. The van der Waals surface area contributed by atoms with Gasteiger partial charge in [-0.1, -0.05) is 18.2 Å². The fourth-order valence-corrected chi connectivity index (χ4v) is 3.32. The number of carbonyl (C=O) groups excluding carboxylic acids is 1. The van der Waals surface area contributed by atoms with Crippen molar-refractivity contribution in [3.63, 3.8) is 0 Å². The SMILES string of the molecule is Cn1cc([C@H](NC(=O)Cc2ccccc2C(F)(F)F)C2CC(O)C2)cn1. The van der Waals surface area contributed by atoms with Crippen molar-refractivity contribution in [1.29, 1.82) is 0 Å². The van der Waals surface area contributed by atoms with Gasteiger partial charge in [0, 0.05) is 18.8 Å². The van der Waals surface area contributed by atoms with E-state index in [2.05, 4.69) is 10.4 Å². The fourth-order valence-electron chi connectivity index (χ4n) is 3.32. The minimum Gasteiger partial charge on any atom is -0.393 e. The van der Waals surface area contributed by atoms with Gasteiger partial charge in [0.1, 0.15) is 0 Å². The summed E-state index contributed by atoms with van der Waals surface area (Å²) in [5.41, 5.74) is -0.0786. The van der Waals surface area contributed by atoms with Crippen LogP contribution in [0, 0.1) is 5.92 Å². The lowest BCUT2D eigenvalue weighted by molar-refractivity contribution is -0.138. The molecule has 0 bridgehead atoms. The van der Waals surface area contributed by atoms with Crippen LogP contribution in [0.3, 0.4) is 0 Å². The first-order valence-electron chi connectivity index (χ1n) is 8.35. The Balaban J connectivity index is 1.75. The number of rotatable bonds is 5. The Morgan fingerprint density at radius 3 is 2.65 bits per heavy atom. The average molecular weight is 367 g/mol. The topological polar surface area (TPSA) is 67.2 Å². The molecule has 5 nitrogen and oxygen atoms in total. The normalized spacial score (nSPS) is 21.1. The van der Waals surface area contributed by atoms with Crippen molar-refractivity contribution in [2.75, 3.05) is 0 Å². The molecule has 3 rings (SSSR count). The van der Waals surface area contributed by atoms with Crippen molar-refractivity contribution >= 4 is 5.91 Å². The number of alkyl halides is 3. The molecule has 1 atom stereocenters. The second-order valence-electron chi connectivity index (χ2n) is 6.71. The fraction of sp³-hybridized carbons (Fsp3) is 0.444. The number of aliphatic hydroxyl groups is 1. The highest BCUT2D eigenvalue weighted by Crippen LogP contribution is 2.38. The van der Waals surface area contributed by atoms with Gasteiger partial charge in [-0.3, -0.25) is 9.48 Å². The van der Waals surface area contributed by atoms with Gasteiger partial charge in [0.05, 0.1) is 30.3 Å². The van der Waals surface area contributed by atoms with Crippen LogP contribution in [0.4, 0.5) is 13.2 Å². The summed E-state index contributed by atoms with van der Waals surface area (Å²) < 4.78 is 40.9. The van der Waals surface area contributed by atoms with Gasteiger partial charge < -0.3 is 10.4 Å². The Morgan fingerprint density at radius 1 is 1.38 bits per heavy atom. The number of benzene rings is 1. The summed E-state index contributed by atoms with van der Waals surface area (Å²) in [5, 5.41) is 16.5. The molecule has 1 aliphatic rings. The molecule has 140 valence electrons. The highest BCUT2D eigenvalue weighted by molar-refractivity contribution is 5.79. The van der Waals surface area contributed by atoms with Crippen LogP contribution in [0.15, 0.2) is 36.7 Å². The van der Waals surface area contributed by atoms with Crippen molar-refractivity contribution in [3.8, 4) is 0 Å². The van der Waals surface area contributed by atoms with Gasteiger partial charge >= 0.3 is 6.18 Å². The van der Waals surface area contributed by atoms with Crippen LogP contribution in [-0.2, 0) is 24.4 Å². The van der Waals surface area contributed by atoms with Crippen molar-refractivity contribution in [2.24, 2.45) is 13.0 Å². The summed E-state index contributed by atoms with van der Waals surface area (Å²) in [6.07, 6.45) is -0.794. The number of aromatic nitrogens is 2. The average Bonchev–Trinajstić information content (AvgIpc) is 2.96. The third-order valence-electron chi connectivity index (χ3n) is 4.70. The number of nitrogens with one attached hydrogen (secondary N) is 1. The zero-order valence-electron chi connectivity index (χ0n) is 14.2. The molecule has 1 aliphatic carbocycles. The zero-order valence-corrected chi connectivity index (χ0v) is 14.2. The van der Waals surface area contributed by atoms with Crippen molar-refractivity contribution < 1.29 is 23.1 Å². The van der Waals surface area contributed by atoms with Gasteiger partial charge in [0.25, 0.3) is 0 Å². The number of halogens is 3. The predicted molar refractivity (Wildman–Crippen MR) is 88.0 cm³/mol. The van der Waals surface area contributed by atoms with Crippen LogP contribution < -0.4 is 5.32 Å². The van der Waals surface area contributed by atoms with Crippen LogP contribution in [0.2, 0.25) is 0 Å². The van der Waals surface area contributed by atoms with E-state index in [0.717, 1.165) is 11.6 Å². The van der Waals surface area contributed by atoms with Crippen LogP contribution in [0.1, 0.15) is 35.6 Å². The molecule has 2 N–H and O–H groups in total. The van der Waals surface area contributed by atoms with E-state index >= 15 is 0 Å². The van der Waals surface area contributed by atoms with E-state index in [1.807, 2.05) is 0 Å². The lowest BCUT2D eigenvalue weighted by Crippen LogP contribution is -2.41. The molecule has 0 aliphatic heterocycles. The molecule has 1 aromatic carbocycles. The maximum Gasteiger partial charge on any atom is 0.416 e. The molecular formula is C18H20F3N3O2. The smallest absolute Gasteiger partial charge is 0.393 e. The summed E-state index contributed by atoms with van der Waals surface area (Å²) in [6, 6.07) is 4.70. The lowest BCUT2D eigenvalue weighted by atomic mass is 9.75. The van der Waals surface area contributed by atoms with Crippen LogP contribution in [-0.4, -0.2) is 26.9 Å². The third-order valence-corrected chi connectivity index (χ3v) is 4.70. The van der Waals surface area contributed by atoms with Gasteiger partial charge in [0.15, 0.2) is 0 Å². The Kier molecular flexibility index (Phi) is 5.04. The summed E-state index contributed by atoms with van der Waals surface area (Å²) in [5.74, 6) is -0.451. The molecule has 2 aromatic rings. The van der Waals surface area contributed by atoms with Crippen LogP contribution >= 0.6 is 0 Å². The van der Waals surface area contributed by atoms with E-state index in [9.17, 15) is 23.1 Å². The Labute approximate surface area is 148 Å². The minimum atomic E-state index is -4.50. The van der Waals surface area contributed by atoms with Gasteiger partial charge in [-0.05, 0) is 30.4 Å². The van der Waals surface area contributed by atoms with Gasteiger partial charge in [-0.25, -0.2) is 0 Å². The van der Waals surface area contributed by atoms with Crippen molar-refractivity contribution in [1.82, 2.24) is 15.1 Å². The first kappa shape index (κ1) is 18.4. The van der Waals surface area contributed by atoms with Gasteiger partial charge in [-0.15, -0.1) is 0 Å². The first-order valence-corrected chi connectivity index (χ1v) is 8.35. The monoisotopic (exact) mass is 367 g/mol. The van der Waals surface area contributed by atoms with E-state index < -0.39 is 23.8 Å².